The van der Waals surface area contributed by atoms with Crippen molar-refractivity contribution in [2.45, 2.75) is 6.92 Å². The van der Waals surface area contributed by atoms with E-state index < -0.39 is 0 Å². The summed E-state index contributed by atoms with van der Waals surface area (Å²) in [5.74, 6) is 0. The second-order valence-corrected chi connectivity index (χ2v) is 2.71. The summed E-state index contributed by atoms with van der Waals surface area (Å²) >= 11 is 0. The van der Waals surface area contributed by atoms with E-state index in [1.165, 1.54) is 0 Å². The van der Waals surface area contributed by atoms with Crippen molar-refractivity contribution in [1.29, 1.82) is 0 Å². The Balaban J connectivity index is 3.24. The van der Waals surface area contributed by atoms with E-state index in [0.29, 0.717) is 5.56 Å². The molecule has 13 heavy (non-hydrogen) atoms. The fourth-order valence-electron chi connectivity index (χ4n) is 1.18. The molecular formula is C12H12O. The SMILES string of the molecule is C=Cc1ccc(C=O)cc1/C=C\C. The van der Waals surface area contributed by atoms with Crippen LogP contribution in [0.1, 0.15) is 28.4 Å². The van der Waals surface area contributed by atoms with Gasteiger partial charge in [-0.05, 0) is 24.1 Å². The summed E-state index contributed by atoms with van der Waals surface area (Å²) < 4.78 is 0. The Labute approximate surface area is 78.4 Å². The summed E-state index contributed by atoms with van der Waals surface area (Å²) in [5, 5.41) is 0. The van der Waals surface area contributed by atoms with Crippen molar-refractivity contribution in [3.63, 3.8) is 0 Å². The van der Waals surface area contributed by atoms with Gasteiger partial charge in [-0.3, -0.25) is 4.79 Å². The number of aldehydes is 1. The summed E-state index contributed by atoms with van der Waals surface area (Å²) in [6.07, 6.45) is 6.53. The van der Waals surface area contributed by atoms with Gasteiger partial charge in [-0.15, -0.1) is 0 Å². The molecule has 0 aliphatic heterocycles. The zero-order valence-corrected chi connectivity index (χ0v) is 7.66. The highest BCUT2D eigenvalue weighted by molar-refractivity contribution is 5.78. The van der Waals surface area contributed by atoms with E-state index in [4.69, 9.17) is 0 Å². The van der Waals surface area contributed by atoms with E-state index in [1.54, 1.807) is 12.1 Å². The van der Waals surface area contributed by atoms with Crippen LogP contribution in [0.5, 0.6) is 0 Å². The Hall–Kier alpha value is -1.63. The molecule has 0 amide bonds. The lowest BCUT2D eigenvalue weighted by Crippen LogP contribution is -1.85. The lowest BCUT2D eigenvalue weighted by atomic mass is 10.0. The number of carbonyl (C=O) groups excluding carboxylic acids is 1. The average molecular weight is 172 g/mol. The van der Waals surface area contributed by atoms with Gasteiger partial charge in [-0.25, -0.2) is 0 Å². The number of rotatable bonds is 3. The molecule has 0 aliphatic rings. The van der Waals surface area contributed by atoms with Crippen LogP contribution in [0, 0.1) is 0 Å². The van der Waals surface area contributed by atoms with E-state index in [-0.39, 0.29) is 0 Å². The molecule has 1 aromatic carbocycles. The molecule has 0 unspecified atom stereocenters. The molecule has 0 aliphatic carbocycles. The van der Waals surface area contributed by atoms with Crippen molar-refractivity contribution >= 4 is 18.4 Å². The Morgan fingerprint density at radius 1 is 1.31 bits per heavy atom. The summed E-state index contributed by atoms with van der Waals surface area (Å²) in [6, 6.07) is 5.53. The third-order valence-corrected chi connectivity index (χ3v) is 1.81. The summed E-state index contributed by atoms with van der Waals surface area (Å²) in [4.78, 5) is 10.5. The lowest BCUT2D eigenvalue weighted by molar-refractivity contribution is 0.112. The molecule has 1 heteroatoms. The zero-order valence-electron chi connectivity index (χ0n) is 7.66. The van der Waals surface area contributed by atoms with Crippen LogP contribution < -0.4 is 0 Å². The van der Waals surface area contributed by atoms with Crippen molar-refractivity contribution in [2.75, 3.05) is 0 Å². The third kappa shape index (κ3) is 2.15. The number of benzene rings is 1. The average Bonchev–Trinajstić information content (AvgIpc) is 2.18. The number of carbonyl (C=O) groups is 1. The maximum atomic E-state index is 10.5. The molecule has 0 fully saturated rings. The lowest BCUT2D eigenvalue weighted by Gasteiger charge is -2.00. The first-order valence-corrected chi connectivity index (χ1v) is 4.16. The first-order valence-electron chi connectivity index (χ1n) is 4.16. The molecule has 0 bridgehead atoms. The van der Waals surface area contributed by atoms with Crippen molar-refractivity contribution in [1.82, 2.24) is 0 Å². The third-order valence-electron chi connectivity index (χ3n) is 1.81. The molecule has 0 atom stereocenters. The van der Waals surface area contributed by atoms with Crippen LogP contribution in [0.3, 0.4) is 0 Å². The molecular weight excluding hydrogens is 160 g/mol. The highest BCUT2D eigenvalue weighted by Gasteiger charge is 1.96. The van der Waals surface area contributed by atoms with E-state index >= 15 is 0 Å². The fraction of sp³-hybridized carbons (Fsp3) is 0.0833. The fourth-order valence-corrected chi connectivity index (χ4v) is 1.18. The Morgan fingerprint density at radius 2 is 2.08 bits per heavy atom. The van der Waals surface area contributed by atoms with Crippen LogP contribution >= 0.6 is 0 Å². The van der Waals surface area contributed by atoms with Gasteiger partial charge < -0.3 is 0 Å². The molecule has 0 saturated heterocycles. The van der Waals surface area contributed by atoms with Gasteiger partial charge in [0.05, 0.1) is 0 Å². The molecule has 0 heterocycles. The van der Waals surface area contributed by atoms with Gasteiger partial charge >= 0.3 is 0 Å². The van der Waals surface area contributed by atoms with Gasteiger partial charge in [0, 0.05) is 5.56 Å². The highest BCUT2D eigenvalue weighted by Crippen LogP contribution is 2.14. The summed E-state index contributed by atoms with van der Waals surface area (Å²) in [5.41, 5.74) is 2.77. The van der Waals surface area contributed by atoms with Crippen molar-refractivity contribution in [3.8, 4) is 0 Å². The minimum atomic E-state index is 0.693. The van der Waals surface area contributed by atoms with E-state index in [9.17, 15) is 4.79 Å². The predicted octanol–water partition coefficient (Wildman–Crippen LogP) is 3.18. The van der Waals surface area contributed by atoms with Crippen LogP contribution in [0.4, 0.5) is 0 Å². The second-order valence-electron chi connectivity index (χ2n) is 2.71. The van der Waals surface area contributed by atoms with Crippen molar-refractivity contribution < 1.29 is 4.79 Å². The van der Waals surface area contributed by atoms with Crippen LogP contribution in [-0.2, 0) is 0 Å². The molecule has 1 nitrogen and oxygen atoms in total. The Kier molecular flexibility index (Phi) is 3.21. The van der Waals surface area contributed by atoms with Gasteiger partial charge in [-0.2, -0.15) is 0 Å². The Bertz CT molecular complexity index is 348. The number of hydrogen-bond acceptors (Lipinski definition) is 1. The standard InChI is InChI=1S/C12H12O/c1-3-5-12-8-10(9-13)6-7-11(12)4-2/h3-9H,2H2,1H3/b5-3-. The minimum Gasteiger partial charge on any atom is -0.298 e. The summed E-state index contributed by atoms with van der Waals surface area (Å²) in [6.45, 7) is 5.65. The Morgan fingerprint density at radius 3 is 2.62 bits per heavy atom. The largest absolute Gasteiger partial charge is 0.298 e. The quantitative estimate of drug-likeness (QED) is 0.640. The molecule has 1 aromatic rings. The van der Waals surface area contributed by atoms with E-state index in [2.05, 4.69) is 6.58 Å². The molecule has 0 N–H and O–H groups in total. The minimum absolute atomic E-state index is 0.693. The van der Waals surface area contributed by atoms with Crippen molar-refractivity contribution in [2.24, 2.45) is 0 Å². The van der Waals surface area contributed by atoms with Gasteiger partial charge in [0.2, 0.25) is 0 Å². The first-order chi connectivity index (χ1) is 6.31. The maximum absolute atomic E-state index is 10.5. The van der Waals surface area contributed by atoms with Crippen LogP contribution in [0.25, 0.3) is 12.2 Å². The molecule has 0 aromatic heterocycles. The second kappa shape index (κ2) is 4.41. The molecule has 66 valence electrons. The van der Waals surface area contributed by atoms with E-state index in [1.807, 2.05) is 31.2 Å². The molecule has 0 radical (unpaired) electrons. The van der Waals surface area contributed by atoms with Crippen LogP contribution in [-0.4, -0.2) is 6.29 Å². The van der Waals surface area contributed by atoms with Crippen LogP contribution in [0.2, 0.25) is 0 Å². The van der Waals surface area contributed by atoms with Gasteiger partial charge in [0.25, 0.3) is 0 Å². The van der Waals surface area contributed by atoms with Gasteiger partial charge in [0.1, 0.15) is 6.29 Å². The molecule has 0 saturated carbocycles. The monoisotopic (exact) mass is 172 g/mol. The van der Waals surface area contributed by atoms with Gasteiger partial charge in [-0.1, -0.05) is 36.9 Å². The number of allylic oxidation sites excluding steroid dienone is 1. The molecule has 1 rings (SSSR count). The smallest absolute Gasteiger partial charge is 0.150 e. The van der Waals surface area contributed by atoms with Crippen LogP contribution in [0.15, 0.2) is 30.9 Å². The zero-order chi connectivity index (χ0) is 9.68. The normalized spacial score (nSPS) is 10.2. The van der Waals surface area contributed by atoms with Crippen molar-refractivity contribution in [3.05, 3.63) is 47.5 Å². The van der Waals surface area contributed by atoms with Gasteiger partial charge in [0.15, 0.2) is 0 Å². The maximum Gasteiger partial charge on any atom is 0.150 e. The highest BCUT2D eigenvalue weighted by atomic mass is 16.1. The number of hydrogen-bond donors (Lipinski definition) is 0. The predicted molar refractivity (Wildman–Crippen MR) is 56.6 cm³/mol. The first kappa shape index (κ1) is 9.46. The summed E-state index contributed by atoms with van der Waals surface area (Å²) in [7, 11) is 0. The molecule has 0 spiro atoms. The topological polar surface area (TPSA) is 17.1 Å². The van der Waals surface area contributed by atoms with E-state index in [0.717, 1.165) is 17.4 Å².